The minimum absolute atomic E-state index is 0.272. The molecule has 3 rings (SSSR count). The Kier molecular flexibility index (Phi) is 4.24. The average molecular weight is 276 g/mol. The van der Waals surface area contributed by atoms with Crippen LogP contribution in [0.4, 0.5) is 0 Å². The third kappa shape index (κ3) is 3.32. The normalized spacial score (nSPS) is 25.6. The number of nitrogens with one attached hydrogen (secondary N) is 1. The van der Waals surface area contributed by atoms with E-state index in [0.717, 1.165) is 45.0 Å². The zero-order chi connectivity index (χ0) is 13.9. The van der Waals surface area contributed by atoms with Crippen LogP contribution in [0.15, 0.2) is 18.2 Å². The summed E-state index contributed by atoms with van der Waals surface area (Å²) in [5.74, 6) is 1.06. The van der Waals surface area contributed by atoms with E-state index in [1.165, 1.54) is 11.1 Å². The lowest BCUT2D eigenvalue weighted by molar-refractivity contribution is 0.00532. The van der Waals surface area contributed by atoms with E-state index in [4.69, 9.17) is 9.47 Å². The van der Waals surface area contributed by atoms with Crippen molar-refractivity contribution in [2.75, 3.05) is 39.8 Å². The Balaban J connectivity index is 1.49. The average Bonchev–Trinajstić information content (AvgIpc) is 2.80. The van der Waals surface area contributed by atoms with Gasteiger partial charge in [0.25, 0.3) is 0 Å². The molecule has 0 radical (unpaired) electrons. The first-order chi connectivity index (χ1) is 9.70. The molecule has 4 nitrogen and oxygen atoms in total. The first kappa shape index (κ1) is 13.9. The van der Waals surface area contributed by atoms with Gasteiger partial charge in [-0.3, -0.25) is 0 Å². The Morgan fingerprint density at radius 3 is 2.95 bits per heavy atom. The minimum atomic E-state index is 0.272. The molecule has 0 bridgehead atoms. The number of nitrogens with zero attached hydrogens (tertiary/aromatic N) is 1. The Labute approximate surface area is 121 Å². The maximum absolute atomic E-state index is 6.02. The summed E-state index contributed by atoms with van der Waals surface area (Å²) in [6.45, 7) is 6.79. The first-order valence-electron chi connectivity index (χ1n) is 7.48. The van der Waals surface area contributed by atoms with Crippen LogP contribution in [0.1, 0.15) is 11.1 Å². The summed E-state index contributed by atoms with van der Waals surface area (Å²) in [6, 6.07) is 6.45. The van der Waals surface area contributed by atoms with E-state index in [1.54, 1.807) is 0 Å². The highest BCUT2D eigenvalue weighted by Gasteiger charge is 2.25. The van der Waals surface area contributed by atoms with Crippen molar-refractivity contribution >= 4 is 0 Å². The Morgan fingerprint density at radius 2 is 2.15 bits per heavy atom. The molecule has 1 fully saturated rings. The van der Waals surface area contributed by atoms with E-state index in [9.17, 15) is 0 Å². The molecule has 2 aliphatic heterocycles. The number of ether oxygens (including phenoxy) is 2. The summed E-state index contributed by atoms with van der Waals surface area (Å²) < 4.78 is 11.8. The molecule has 0 aromatic heterocycles. The van der Waals surface area contributed by atoms with Crippen molar-refractivity contribution in [1.82, 2.24) is 10.2 Å². The Morgan fingerprint density at radius 1 is 1.30 bits per heavy atom. The molecule has 1 N–H and O–H groups in total. The lowest BCUT2D eigenvalue weighted by Crippen LogP contribution is -2.46. The summed E-state index contributed by atoms with van der Waals surface area (Å²) in [7, 11) is 2.15. The molecule has 0 spiro atoms. The van der Waals surface area contributed by atoms with Crippen LogP contribution in [0, 0.1) is 6.92 Å². The van der Waals surface area contributed by atoms with Gasteiger partial charge in [-0.1, -0.05) is 17.7 Å². The lowest BCUT2D eigenvalue weighted by Gasteiger charge is -2.29. The monoisotopic (exact) mass is 276 g/mol. The van der Waals surface area contributed by atoms with Gasteiger partial charge in [0.05, 0.1) is 12.7 Å². The summed E-state index contributed by atoms with van der Waals surface area (Å²) in [5, 5.41) is 3.37. The van der Waals surface area contributed by atoms with Gasteiger partial charge in [0.2, 0.25) is 0 Å². The number of rotatable bonds is 4. The SMILES string of the molecule is Cc1ccc2c(c1)CC(CN(C)CC1CNCCO1)O2. The van der Waals surface area contributed by atoms with Crippen LogP contribution in [-0.4, -0.2) is 56.9 Å². The fraction of sp³-hybridized carbons (Fsp3) is 0.625. The van der Waals surface area contributed by atoms with Crippen LogP contribution < -0.4 is 10.1 Å². The van der Waals surface area contributed by atoms with E-state index in [2.05, 4.69) is 42.4 Å². The van der Waals surface area contributed by atoms with Crippen LogP contribution in [0.3, 0.4) is 0 Å². The van der Waals surface area contributed by atoms with Gasteiger partial charge >= 0.3 is 0 Å². The zero-order valence-electron chi connectivity index (χ0n) is 12.4. The van der Waals surface area contributed by atoms with Gasteiger partial charge in [0.15, 0.2) is 0 Å². The molecule has 4 heteroatoms. The van der Waals surface area contributed by atoms with Crippen molar-refractivity contribution in [3.8, 4) is 5.75 Å². The van der Waals surface area contributed by atoms with Crippen molar-refractivity contribution in [2.24, 2.45) is 0 Å². The molecule has 2 unspecified atom stereocenters. The van der Waals surface area contributed by atoms with Gasteiger partial charge in [-0.2, -0.15) is 0 Å². The molecule has 2 aliphatic rings. The van der Waals surface area contributed by atoms with Crippen LogP contribution in [-0.2, 0) is 11.2 Å². The number of fused-ring (bicyclic) bond motifs is 1. The summed E-state index contributed by atoms with van der Waals surface area (Å²) in [5.41, 5.74) is 2.65. The van der Waals surface area contributed by atoms with Crippen molar-refractivity contribution in [3.05, 3.63) is 29.3 Å². The van der Waals surface area contributed by atoms with Crippen LogP contribution >= 0.6 is 0 Å². The molecule has 0 aliphatic carbocycles. The molecule has 2 atom stereocenters. The van der Waals surface area contributed by atoms with Gasteiger partial charge in [-0.05, 0) is 25.6 Å². The Hall–Kier alpha value is -1.10. The van der Waals surface area contributed by atoms with Gasteiger partial charge in [0, 0.05) is 32.6 Å². The summed E-state index contributed by atoms with van der Waals surface area (Å²) in [4.78, 5) is 2.32. The van der Waals surface area contributed by atoms with Crippen LogP contribution in [0.5, 0.6) is 5.75 Å². The van der Waals surface area contributed by atoms with Gasteiger partial charge < -0.3 is 19.7 Å². The molecular formula is C16H24N2O2. The molecule has 20 heavy (non-hydrogen) atoms. The highest BCUT2D eigenvalue weighted by Crippen LogP contribution is 2.29. The molecule has 2 heterocycles. The zero-order valence-corrected chi connectivity index (χ0v) is 12.4. The van der Waals surface area contributed by atoms with Gasteiger partial charge in [0.1, 0.15) is 11.9 Å². The number of aryl methyl sites for hydroxylation is 1. The predicted molar refractivity (Wildman–Crippen MR) is 79.4 cm³/mol. The lowest BCUT2D eigenvalue weighted by atomic mass is 10.1. The van der Waals surface area contributed by atoms with E-state index in [1.807, 2.05) is 0 Å². The predicted octanol–water partition coefficient (Wildman–Crippen LogP) is 1.22. The highest BCUT2D eigenvalue weighted by atomic mass is 16.5. The Bertz CT molecular complexity index is 458. The maximum atomic E-state index is 6.02. The van der Waals surface area contributed by atoms with Crippen LogP contribution in [0.25, 0.3) is 0 Å². The van der Waals surface area contributed by atoms with E-state index >= 15 is 0 Å². The molecule has 1 aromatic carbocycles. The van der Waals surface area contributed by atoms with Gasteiger partial charge in [-0.15, -0.1) is 0 Å². The molecule has 0 amide bonds. The number of likely N-dealkylation sites (N-methyl/N-ethyl adjacent to an activating group) is 1. The fourth-order valence-electron chi connectivity index (χ4n) is 3.06. The van der Waals surface area contributed by atoms with Crippen molar-refractivity contribution < 1.29 is 9.47 Å². The molecule has 1 aromatic rings. The number of benzene rings is 1. The van der Waals surface area contributed by atoms with E-state index in [0.29, 0.717) is 6.10 Å². The quantitative estimate of drug-likeness (QED) is 0.896. The molecule has 0 saturated carbocycles. The highest BCUT2D eigenvalue weighted by molar-refractivity contribution is 5.40. The second kappa shape index (κ2) is 6.12. The van der Waals surface area contributed by atoms with E-state index in [-0.39, 0.29) is 6.10 Å². The maximum Gasteiger partial charge on any atom is 0.123 e. The molecule has 110 valence electrons. The number of hydrogen-bond acceptors (Lipinski definition) is 4. The number of hydrogen-bond donors (Lipinski definition) is 1. The largest absolute Gasteiger partial charge is 0.488 e. The van der Waals surface area contributed by atoms with Crippen molar-refractivity contribution in [3.63, 3.8) is 0 Å². The van der Waals surface area contributed by atoms with E-state index < -0.39 is 0 Å². The smallest absolute Gasteiger partial charge is 0.123 e. The first-order valence-corrected chi connectivity index (χ1v) is 7.48. The summed E-state index contributed by atoms with van der Waals surface area (Å²) in [6.07, 6.45) is 1.60. The third-order valence-corrected chi connectivity index (χ3v) is 3.99. The topological polar surface area (TPSA) is 33.7 Å². The van der Waals surface area contributed by atoms with Gasteiger partial charge in [-0.25, -0.2) is 0 Å². The van der Waals surface area contributed by atoms with Crippen LogP contribution in [0.2, 0.25) is 0 Å². The fourth-order valence-corrected chi connectivity index (χ4v) is 3.06. The van der Waals surface area contributed by atoms with Crippen molar-refractivity contribution in [1.29, 1.82) is 0 Å². The van der Waals surface area contributed by atoms with Crippen molar-refractivity contribution in [2.45, 2.75) is 25.6 Å². The second-order valence-electron chi connectivity index (χ2n) is 5.97. The molecular weight excluding hydrogens is 252 g/mol. The third-order valence-electron chi connectivity index (χ3n) is 3.99. The minimum Gasteiger partial charge on any atom is -0.488 e. The number of morpholine rings is 1. The summed E-state index contributed by atoms with van der Waals surface area (Å²) >= 11 is 0. The molecule has 1 saturated heterocycles. The standard InChI is InChI=1S/C16H24N2O2/c1-12-3-4-16-13(7-12)8-14(20-16)10-18(2)11-15-9-17-5-6-19-15/h3-4,7,14-15,17H,5-6,8-11H2,1-2H3. The second-order valence-corrected chi connectivity index (χ2v) is 5.97.